The molecule has 0 bridgehead atoms. The van der Waals surface area contributed by atoms with Crippen molar-refractivity contribution in [1.82, 2.24) is 4.98 Å². The third-order valence-corrected chi connectivity index (χ3v) is 3.48. The minimum absolute atomic E-state index is 0.107. The Hall–Kier alpha value is -2.49. The first-order chi connectivity index (χ1) is 9.24. The molecule has 4 rings (SSSR count). The highest BCUT2D eigenvalue weighted by Crippen LogP contribution is 2.41. The third-order valence-electron chi connectivity index (χ3n) is 3.48. The van der Waals surface area contributed by atoms with Crippen LogP contribution in [0.1, 0.15) is 5.56 Å². The zero-order chi connectivity index (χ0) is 13.0. The number of aryl methyl sites for hydroxylation is 1. The molecule has 1 aliphatic rings. The van der Waals surface area contributed by atoms with E-state index in [-0.39, 0.29) is 12.4 Å². The lowest BCUT2D eigenvalue weighted by Crippen LogP contribution is -2.06. The largest absolute Gasteiger partial charge is 0.454 e. The summed E-state index contributed by atoms with van der Waals surface area (Å²) in [6.45, 7) is 2.23. The average molecular weight is 253 g/mol. The number of rotatable bonds is 0. The summed E-state index contributed by atoms with van der Waals surface area (Å²) in [5.41, 5.74) is 1.84. The van der Waals surface area contributed by atoms with Gasteiger partial charge in [0.05, 0.1) is 5.39 Å². The van der Waals surface area contributed by atoms with Crippen LogP contribution in [0.4, 0.5) is 0 Å². The first kappa shape index (κ1) is 10.4. The van der Waals surface area contributed by atoms with Crippen molar-refractivity contribution in [2.75, 3.05) is 6.79 Å². The summed E-state index contributed by atoms with van der Waals surface area (Å²) in [5.74, 6) is 1.36. The molecule has 0 radical (unpaired) electrons. The minimum atomic E-state index is -0.107. The van der Waals surface area contributed by atoms with E-state index in [0.29, 0.717) is 16.9 Å². The fourth-order valence-corrected chi connectivity index (χ4v) is 2.59. The van der Waals surface area contributed by atoms with Crippen LogP contribution in [0.25, 0.3) is 21.7 Å². The molecule has 3 aromatic rings. The Bertz CT molecular complexity index is 880. The number of benzene rings is 2. The molecule has 94 valence electrons. The number of fused-ring (bicyclic) bond motifs is 5. The van der Waals surface area contributed by atoms with Crippen LogP contribution in [0.2, 0.25) is 0 Å². The maximum atomic E-state index is 12.1. The molecule has 4 heteroatoms. The fourth-order valence-electron chi connectivity index (χ4n) is 2.59. The molecule has 1 aromatic heterocycles. The topological polar surface area (TPSA) is 51.3 Å². The Morgan fingerprint density at radius 3 is 2.89 bits per heavy atom. The Labute approximate surface area is 108 Å². The van der Waals surface area contributed by atoms with Crippen molar-refractivity contribution in [3.05, 3.63) is 46.2 Å². The fraction of sp³-hybridized carbons (Fsp3) is 0.133. The summed E-state index contributed by atoms with van der Waals surface area (Å²) >= 11 is 0. The highest BCUT2D eigenvalue weighted by molar-refractivity contribution is 6.10. The van der Waals surface area contributed by atoms with Crippen LogP contribution in [0.3, 0.4) is 0 Å². The molecule has 0 amide bonds. The van der Waals surface area contributed by atoms with Gasteiger partial charge >= 0.3 is 0 Å². The van der Waals surface area contributed by atoms with E-state index in [1.165, 1.54) is 0 Å². The average Bonchev–Trinajstić information content (AvgIpc) is 2.87. The number of aromatic amines is 1. The van der Waals surface area contributed by atoms with E-state index in [2.05, 4.69) is 11.1 Å². The number of nitrogens with one attached hydrogen (secondary N) is 1. The van der Waals surface area contributed by atoms with Gasteiger partial charge < -0.3 is 14.5 Å². The Kier molecular flexibility index (Phi) is 1.93. The zero-order valence-electron chi connectivity index (χ0n) is 10.3. The van der Waals surface area contributed by atoms with Crippen molar-refractivity contribution >= 4 is 21.7 Å². The Morgan fingerprint density at radius 1 is 1.11 bits per heavy atom. The van der Waals surface area contributed by atoms with Crippen molar-refractivity contribution in [2.45, 2.75) is 6.92 Å². The molecule has 0 saturated heterocycles. The molecular formula is C15H11NO3. The van der Waals surface area contributed by atoms with Gasteiger partial charge in [-0.2, -0.15) is 0 Å². The van der Waals surface area contributed by atoms with E-state index in [0.717, 1.165) is 21.9 Å². The van der Waals surface area contributed by atoms with E-state index in [4.69, 9.17) is 9.47 Å². The standard InChI is InChI=1S/C15H11NO3/c1-8-2-4-11-10(6-8)13-9(15(17)16-11)3-5-12-14(13)19-7-18-12/h2-6H,7H2,1H3,(H,16,17). The predicted molar refractivity (Wildman–Crippen MR) is 72.9 cm³/mol. The second-order valence-electron chi connectivity index (χ2n) is 4.73. The van der Waals surface area contributed by atoms with Gasteiger partial charge in [-0.15, -0.1) is 0 Å². The van der Waals surface area contributed by atoms with Crippen molar-refractivity contribution in [2.24, 2.45) is 0 Å². The van der Waals surface area contributed by atoms with E-state index in [9.17, 15) is 4.79 Å². The number of ether oxygens (including phenoxy) is 2. The van der Waals surface area contributed by atoms with Gasteiger partial charge in [0, 0.05) is 16.3 Å². The van der Waals surface area contributed by atoms with Crippen molar-refractivity contribution in [3.8, 4) is 11.5 Å². The number of hydrogen-bond acceptors (Lipinski definition) is 3. The maximum absolute atomic E-state index is 12.1. The lowest BCUT2D eigenvalue weighted by molar-refractivity contribution is 0.175. The molecule has 2 aromatic carbocycles. The SMILES string of the molecule is Cc1ccc2[nH]c(=O)c3ccc4c(c3c2c1)OCO4. The monoisotopic (exact) mass is 253 g/mol. The van der Waals surface area contributed by atoms with E-state index < -0.39 is 0 Å². The van der Waals surface area contributed by atoms with Crippen molar-refractivity contribution < 1.29 is 9.47 Å². The Morgan fingerprint density at radius 2 is 2.00 bits per heavy atom. The van der Waals surface area contributed by atoms with Gasteiger partial charge in [-0.05, 0) is 31.2 Å². The summed E-state index contributed by atoms with van der Waals surface area (Å²) in [5, 5.41) is 2.44. The minimum Gasteiger partial charge on any atom is -0.454 e. The van der Waals surface area contributed by atoms with Gasteiger partial charge in [-0.25, -0.2) is 0 Å². The highest BCUT2D eigenvalue weighted by Gasteiger charge is 2.20. The van der Waals surface area contributed by atoms with E-state index in [1.807, 2.05) is 19.1 Å². The molecular weight excluding hydrogens is 242 g/mol. The molecule has 1 N–H and O–H groups in total. The van der Waals surface area contributed by atoms with Gasteiger partial charge in [-0.1, -0.05) is 11.6 Å². The molecule has 0 fully saturated rings. The molecule has 2 heterocycles. The molecule has 4 nitrogen and oxygen atoms in total. The van der Waals surface area contributed by atoms with Crippen LogP contribution < -0.4 is 15.0 Å². The van der Waals surface area contributed by atoms with E-state index in [1.54, 1.807) is 12.1 Å². The number of aromatic nitrogens is 1. The summed E-state index contributed by atoms with van der Waals surface area (Å²) < 4.78 is 10.9. The maximum Gasteiger partial charge on any atom is 0.256 e. The smallest absolute Gasteiger partial charge is 0.256 e. The summed E-state index contributed by atoms with van der Waals surface area (Å²) in [4.78, 5) is 15.0. The molecule has 1 aliphatic heterocycles. The highest BCUT2D eigenvalue weighted by atomic mass is 16.7. The number of pyridine rings is 1. The van der Waals surface area contributed by atoms with Gasteiger partial charge in [0.2, 0.25) is 6.79 Å². The second kappa shape index (κ2) is 3.51. The first-order valence-electron chi connectivity index (χ1n) is 6.09. The summed E-state index contributed by atoms with van der Waals surface area (Å²) in [6, 6.07) is 9.51. The molecule has 19 heavy (non-hydrogen) atoms. The van der Waals surface area contributed by atoms with Crippen LogP contribution in [-0.4, -0.2) is 11.8 Å². The summed E-state index contributed by atoms with van der Waals surface area (Å²) in [6.07, 6.45) is 0. The molecule has 0 aliphatic carbocycles. The van der Waals surface area contributed by atoms with E-state index >= 15 is 0 Å². The van der Waals surface area contributed by atoms with Crippen LogP contribution in [0.15, 0.2) is 35.1 Å². The van der Waals surface area contributed by atoms with Crippen molar-refractivity contribution in [1.29, 1.82) is 0 Å². The lowest BCUT2D eigenvalue weighted by Gasteiger charge is -2.07. The Balaban J connectivity index is 2.32. The van der Waals surface area contributed by atoms with Crippen LogP contribution in [0.5, 0.6) is 11.5 Å². The molecule has 0 unspecified atom stereocenters. The van der Waals surface area contributed by atoms with Crippen molar-refractivity contribution in [3.63, 3.8) is 0 Å². The van der Waals surface area contributed by atoms with Crippen LogP contribution in [0, 0.1) is 6.92 Å². The zero-order valence-corrected chi connectivity index (χ0v) is 10.3. The van der Waals surface area contributed by atoms with Gasteiger partial charge in [0.1, 0.15) is 0 Å². The quantitative estimate of drug-likeness (QED) is 0.627. The van der Waals surface area contributed by atoms with Crippen LogP contribution in [-0.2, 0) is 0 Å². The second-order valence-corrected chi connectivity index (χ2v) is 4.73. The predicted octanol–water partition coefficient (Wildman–Crippen LogP) is 2.72. The number of hydrogen-bond donors (Lipinski definition) is 1. The number of H-pyrrole nitrogens is 1. The lowest BCUT2D eigenvalue weighted by atomic mass is 10.0. The third kappa shape index (κ3) is 1.37. The van der Waals surface area contributed by atoms with Gasteiger partial charge in [0.25, 0.3) is 5.56 Å². The van der Waals surface area contributed by atoms with Gasteiger partial charge in [-0.3, -0.25) is 4.79 Å². The van der Waals surface area contributed by atoms with Crippen LogP contribution >= 0.6 is 0 Å². The summed E-state index contributed by atoms with van der Waals surface area (Å²) in [7, 11) is 0. The molecule has 0 spiro atoms. The normalized spacial score (nSPS) is 13.3. The molecule has 0 atom stereocenters. The first-order valence-corrected chi connectivity index (χ1v) is 6.09. The van der Waals surface area contributed by atoms with Gasteiger partial charge in [0.15, 0.2) is 11.5 Å². The molecule has 0 saturated carbocycles.